The number of nitrogens with one attached hydrogen (secondary N) is 2. The van der Waals surface area contributed by atoms with Crippen molar-refractivity contribution in [1.82, 2.24) is 20.1 Å². The van der Waals surface area contributed by atoms with Crippen molar-refractivity contribution >= 4 is 34.4 Å². The van der Waals surface area contributed by atoms with E-state index in [2.05, 4.69) is 34.5 Å². The lowest BCUT2D eigenvalue weighted by Gasteiger charge is -2.42. The molecule has 0 bridgehead atoms. The van der Waals surface area contributed by atoms with Crippen molar-refractivity contribution in [1.29, 1.82) is 0 Å². The van der Waals surface area contributed by atoms with Crippen molar-refractivity contribution in [3.05, 3.63) is 22.5 Å². The minimum absolute atomic E-state index is 0.186. The second-order valence-corrected chi connectivity index (χ2v) is 9.66. The van der Waals surface area contributed by atoms with E-state index < -0.39 is 5.54 Å². The summed E-state index contributed by atoms with van der Waals surface area (Å²) in [6.07, 6.45) is 7.47. The number of likely N-dealkylation sites (tertiary alicyclic amines) is 1. The molecule has 3 aliphatic rings. The number of carbonyl (C=O) groups excluding carboxylic acids is 1. The Morgan fingerprint density at radius 1 is 1.27 bits per heavy atom. The first-order valence-corrected chi connectivity index (χ1v) is 11.4. The number of aromatic nitrogens is 1. The first kappa shape index (κ1) is 20.1. The largest absolute Gasteiger partial charge is 0.439 e. The first-order chi connectivity index (χ1) is 14.4. The van der Waals surface area contributed by atoms with Gasteiger partial charge in [0.05, 0.1) is 22.8 Å². The molecule has 30 heavy (non-hydrogen) atoms. The molecule has 1 saturated heterocycles. The number of nitrogens with zero attached hydrogens (tertiary/aromatic N) is 3. The number of piperidine rings is 1. The molecular weight excluding hydrogens is 402 g/mol. The van der Waals surface area contributed by atoms with E-state index in [1.54, 1.807) is 0 Å². The van der Waals surface area contributed by atoms with Crippen LogP contribution in [0.2, 0.25) is 5.02 Å². The van der Waals surface area contributed by atoms with Gasteiger partial charge in [-0.1, -0.05) is 30.9 Å². The van der Waals surface area contributed by atoms with Crippen LogP contribution in [0.3, 0.4) is 0 Å². The maximum atomic E-state index is 12.4. The highest BCUT2D eigenvalue weighted by Gasteiger charge is 2.44. The predicted octanol–water partition coefficient (Wildman–Crippen LogP) is 4.30. The van der Waals surface area contributed by atoms with Gasteiger partial charge in [0.15, 0.2) is 5.58 Å². The summed E-state index contributed by atoms with van der Waals surface area (Å²) < 4.78 is 6.35. The van der Waals surface area contributed by atoms with Crippen molar-refractivity contribution in [2.75, 3.05) is 32.5 Å². The van der Waals surface area contributed by atoms with E-state index in [4.69, 9.17) is 21.0 Å². The van der Waals surface area contributed by atoms with E-state index in [9.17, 15) is 4.79 Å². The molecular formula is C22H30ClN5O2. The van der Waals surface area contributed by atoms with Gasteiger partial charge < -0.3 is 20.0 Å². The fourth-order valence-electron chi connectivity index (χ4n) is 5.47. The zero-order valence-electron chi connectivity index (χ0n) is 17.8. The molecule has 5 rings (SSSR count). The number of carbonyl (C=O) groups is 1. The van der Waals surface area contributed by atoms with Gasteiger partial charge in [0.2, 0.25) is 5.89 Å². The Morgan fingerprint density at radius 2 is 2.00 bits per heavy atom. The number of oxazole rings is 1. The van der Waals surface area contributed by atoms with Gasteiger partial charge in [0.25, 0.3) is 0 Å². The molecule has 3 heterocycles. The molecule has 2 N–H and O–H groups in total. The van der Waals surface area contributed by atoms with Gasteiger partial charge in [-0.2, -0.15) is 0 Å². The number of halogens is 1. The molecule has 1 spiro atoms. The molecule has 162 valence electrons. The molecule has 2 fully saturated rings. The molecule has 1 aromatic heterocycles. The van der Waals surface area contributed by atoms with Gasteiger partial charge in [0.1, 0.15) is 5.52 Å². The van der Waals surface area contributed by atoms with Crippen LogP contribution in [0, 0.1) is 0 Å². The van der Waals surface area contributed by atoms with Crippen LogP contribution in [0.1, 0.15) is 56.4 Å². The summed E-state index contributed by atoms with van der Waals surface area (Å²) in [6.45, 7) is 2.79. The number of rotatable bonds is 3. The van der Waals surface area contributed by atoms with Crippen molar-refractivity contribution < 1.29 is 9.21 Å². The van der Waals surface area contributed by atoms with Crippen molar-refractivity contribution in [2.24, 2.45) is 0 Å². The highest BCUT2D eigenvalue weighted by Crippen LogP contribution is 2.48. The standard InChI is InChI=1S/C22H30ClN5O2/c1-27(2)14-6-10-28(11-7-14)13-17-24-16-12-15(23)19-18(20(16)30-17)22(26-21(29)25-19)8-4-3-5-9-22/h12,14H,3-11,13H2,1-2H3,(H2,25,26,29). The number of hydrogen-bond donors (Lipinski definition) is 2. The fraction of sp³-hybridized carbons (Fsp3) is 0.636. The summed E-state index contributed by atoms with van der Waals surface area (Å²) >= 11 is 6.60. The molecule has 7 nitrogen and oxygen atoms in total. The summed E-state index contributed by atoms with van der Waals surface area (Å²) in [4.78, 5) is 21.9. The summed E-state index contributed by atoms with van der Waals surface area (Å²) in [5.74, 6) is 0.723. The number of benzene rings is 1. The van der Waals surface area contributed by atoms with E-state index in [0.29, 0.717) is 23.3 Å². The number of amides is 2. The summed E-state index contributed by atoms with van der Waals surface area (Å²) in [6, 6.07) is 2.29. The quantitative estimate of drug-likeness (QED) is 0.757. The third-order valence-corrected chi connectivity index (χ3v) is 7.40. The van der Waals surface area contributed by atoms with Crippen LogP contribution >= 0.6 is 11.6 Å². The smallest absolute Gasteiger partial charge is 0.319 e. The van der Waals surface area contributed by atoms with Crippen LogP contribution in [0.5, 0.6) is 0 Å². The molecule has 2 amide bonds. The SMILES string of the molecule is CN(C)C1CCN(Cc2nc3cc(Cl)c4c(c3o2)C2(CCCCC2)NC(=O)N4)CC1. The Labute approximate surface area is 182 Å². The second kappa shape index (κ2) is 7.70. The van der Waals surface area contributed by atoms with Gasteiger partial charge in [-0.05, 0) is 45.8 Å². The van der Waals surface area contributed by atoms with Crippen LogP contribution in [-0.4, -0.2) is 54.0 Å². The molecule has 1 aliphatic carbocycles. The zero-order chi connectivity index (χ0) is 20.9. The lowest BCUT2D eigenvalue weighted by molar-refractivity contribution is 0.132. The zero-order valence-corrected chi connectivity index (χ0v) is 18.5. The molecule has 1 aromatic carbocycles. The van der Waals surface area contributed by atoms with Crippen molar-refractivity contribution in [3.8, 4) is 0 Å². The minimum atomic E-state index is -0.417. The Balaban J connectivity index is 1.48. The highest BCUT2D eigenvalue weighted by molar-refractivity contribution is 6.35. The Morgan fingerprint density at radius 3 is 2.70 bits per heavy atom. The van der Waals surface area contributed by atoms with E-state index >= 15 is 0 Å². The van der Waals surface area contributed by atoms with Crippen LogP contribution in [0.25, 0.3) is 11.1 Å². The number of urea groups is 1. The molecule has 1 saturated carbocycles. The topological polar surface area (TPSA) is 73.6 Å². The lowest BCUT2D eigenvalue weighted by Crippen LogP contribution is -2.52. The lowest BCUT2D eigenvalue weighted by atomic mass is 9.74. The molecule has 8 heteroatoms. The first-order valence-electron chi connectivity index (χ1n) is 11.1. The second-order valence-electron chi connectivity index (χ2n) is 9.26. The van der Waals surface area contributed by atoms with Crippen LogP contribution in [-0.2, 0) is 12.1 Å². The highest BCUT2D eigenvalue weighted by atomic mass is 35.5. The van der Waals surface area contributed by atoms with E-state index in [-0.39, 0.29) is 6.03 Å². The van der Waals surface area contributed by atoms with Crippen molar-refractivity contribution in [2.45, 2.75) is 63.1 Å². The van der Waals surface area contributed by atoms with E-state index in [0.717, 1.165) is 74.2 Å². The van der Waals surface area contributed by atoms with Gasteiger partial charge in [0, 0.05) is 24.7 Å². The van der Waals surface area contributed by atoms with Gasteiger partial charge in [-0.3, -0.25) is 4.90 Å². The van der Waals surface area contributed by atoms with Gasteiger partial charge >= 0.3 is 6.03 Å². The predicted molar refractivity (Wildman–Crippen MR) is 118 cm³/mol. The van der Waals surface area contributed by atoms with E-state index in [1.807, 2.05) is 6.07 Å². The number of anilines is 1. The minimum Gasteiger partial charge on any atom is -0.439 e. The maximum absolute atomic E-state index is 12.4. The Hall–Kier alpha value is -1.83. The number of hydrogen-bond acceptors (Lipinski definition) is 5. The normalized spacial score (nSPS) is 22.3. The summed E-state index contributed by atoms with van der Waals surface area (Å²) in [5.41, 5.74) is 2.79. The molecule has 0 radical (unpaired) electrons. The Kier molecular flexibility index (Phi) is 5.16. The van der Waals surface area contributed by atoms with Gasteiger partial charge in [-0.25, -0.2) is 9.78 Å². The molecule has 2 aromatic rings. The maximum Gasteiger partial charge on any atom is 0.319 e. The summed E-state index contributed by atoms with van der Waals surface area (Å²) in [5, 5.41) is 6.65. The average molecular weight is 432 g/mol. The van der Waals surface area contributed by atoms with Crippen LogP contribution < -0.4 is 10.6 Å². The third-order valence-electron chi connectivity index (χ3n) is 7.10. The Bertz CT molecular complexity index is 958. The van der Waals surface area contributed by atoms with Crippen molar-refractivity contribution in [3.63, 3.8) is 0 Å². The molecule has 0 unspecified atom stereocenters. The summed E-state index contributed by atoms with van der Waals surface area (Å²) in [7, 11) is 4.31. The number of fused-ring (bicyclic) bond motifs is 4. The molecule has 2 aliphatic heterocycles. The average Bonchev–Trinajstić information content (AvgIpc) is 3.10. The monoisotopic (exact) mass is 431 g/mol. The van der Waals surface area contributed by atoms with Crippen LogP contribution in [0.15, 0.2) is 10.5 Å². The fourth-order valence-corrected chi connectivity index (χ4v) is 5.71. The third kappa shape index (κ3) is 3.47. The molecule has 0 atom stereocenters. The van der Waals surface area contributed by atoms with Gasteiger partial charge in [-0.15, -0.1) is 0 Å². The van der Waals surface area contributed by atoms with Crippen LogP contribution in [0.4, 0.5) is 10.5 Å². The van der Waals surface area contributed by atoms with E-state index in [1.165, 1.54) is 6.42 Å².